The van der Waals surface area contributed by atoms with Crippen LogP contribution in [0.2, 0.25) is 0 Å². The zero-order valence-electron chi connectivity index (χ0n) is 17.7. The number of carbonyl (C=O) groups excluding carboxylic acids is 1. The molecule has 0 spiro atoms. The highest BCUT2D eigenvalue weighted by Gasteiger charge is 2.10. The lowest BCUT2D eigenvalue weighted by molar-refractivity contribution is 0.0946. The van der Waals surface area contributed by atoms with Gasteiger partial charge in [0.15, 0.2) is 0 Å². The van der Waals surface area contributed by atoms with Crippen LogP contribution in [0.15, 0.2) is 103 Å². The number of rotatable bonds is 7. The maximum Gasteiger partial charge on any atom is 0.270 e. The van der Waals surface area contributed by atoms with Gasteiger partial charge in [0.05, 0.1) is 0 Å². The fourth-order valence-corrected chi connectivity index (χ4v) is 3.40. The molecular formula is C29H24N2O. The first kappa shape index (κ1) is 21.0. The quantitative estimate of drug-likeness (QED) is 0.357. The molecule has 0 saturated carbocycles. The Morgan fingerprint density at radius 2 is 1.22 bits per heavy atom. The van der Waals surface area contributed by atoms with E-state index in [4.69, 9.17) is 0 Å². The highest BCUT2D eigenvalue weighted by Crippen LogP contribution is 2.21. The number of amides is 1. The van der Waals surface area contributed by atoms with Crippen molar-refractivity contribution >= 4 is 30.2 Å². The van der Waals surface area contributed by atoms with Crippen molar-refractivity contribution in [3.05, 3.63) is 137 Å². The number of benzene rings is 3. The molecule has 1 heterocycles. The van der Waals surface area contributed by atoms with Crippen LogP contribution in [-0.4, -0.2) is 10.9 Å². The molecule has 4 aromatic rings. The van der Waals surface area contributed by atoms with Crippen molar-refractivity contribution in [3.63, 3.8) is 0 Å². The Kier molecular flexibility index (Phi) is 7.02. The molecule has 0 unspecified atom stereocenters. The summed E-state index contributed by atoms with van der Waals surface area (Å²) in [5.74, 6) is -0.189. The number of aromatic nitrogens is 1. The van der Waals surface area contributed by atoms with E-state index in [1.807, 2.05) is 48.5 Å². The molecule has 3 aromatic carbocycles. The maximum atomic E-state index is 12.6. The number of hydrogen-bond donors (Lipinski definition) is 1. The summed E-state index contributed by atoms with van der Waals surface area (Å²) in [6.07, 6.45) is 9.99. The average Bonchev–Trinajstić information content (AvgIpc) is 2.87. The lowest BCUT2D eigenvalue weighted by Crippen LogP contribution is -2.24. The first-order chi connectivity index (χ1) is 15.8. The van der Waals surface area contributed by atoms with Gasteiger partial charge in [0, 0.05) is 12.7 Å². The van der Waals surface area contributed by atoms with Crippen molar-refractivity contribution in [1.29, 1.82) is 0 Å². The van der Waals surface area contributed by atoms with Gasteiger partial charge in [0.25, 0.3) is 5.91 Å². The van der Waals surface area contributed by atoms with Crippen LogP contribution >= 0.6 is 0 Å². The second kappa shape index (κ2) is 10.7. The molecule has 3 heteroatoms. The molecule has 0 radical (unpaired) electrons. The monoisotopic (exact) mass is 416 g/mol. The lowest BCUT2D eigenvalue weighted by atomic mass is 9.98. The van der Waals surface area contributed by atoms with Crippen LogP contribution in [0.4, 0.5) is 0 Å². The van der Waals surface area contributed by atoms with E-state index in [1.54, 1.807) is 18.3 Å². The topological polar surface area (TPSA) is 42.0 Å². The number of hydrogen-bond acceptors (Lipinski definition) is 2. The van der Waals surface area contributed by atoms with Crippen molar-refractivity contribution in [2.75, 3.05) is 0 Å². The summed E-state index contributed by atoms with van der Waals surface area (Å²) < 4.78 is 0. The minimum absolute atomic E-state index is 0.189. The molecule has 156 valence electrons. The van der Waals surface area contributed by atoms with Gasteiger partial charge in [0.2, 0.25) is 0 Å². The van der Waals surface area contributed by atoms with Crippen molar-refractivity contribution < 1.29 is 4.79 Å². The Hall–Kier alpha value is -4.24. The van der Waals surface area contributed by atoms with E-state index in [0.29, 0.717) is 12.2 Å². The third-order valence-corrected chi connectivity index (χ3v) is 5.08. The highest BCUT2D eigenvalue weighted by molar-refractivity contribution is 5.92. The minimum atomic E-state index is -0.189. The van der Waals surface area contributed by atoms with Crippen molar-refractivity contribution in [1.82, 2.24) is 10.3 Å². The molecule has 1 aromatic heterocycles. The summed E-state index contributed by atoms with van der Waals surface area (Å²) in [5.41, 5.74) is 5.83. The number of pyridine rings is 1. The first-order valence-corrected chi connectivity index (χ1v) is 10.6. The second-order valence-corrected chi connectivity index (χ2v) is 7.30. The molecule has 1 amide bonds. The molecule has 0 aliphatic rings. The summed E-state index contributed by atoms with van der Waals surface area (Å²) in [4.78, 5) is 16.7. The molecular weight excluding hydrogens is 392 g/mol. The van der Waals surface area contributed by atoms with E-state index in [-0.39, 0.29) is 5.91 Å². The van der Waals surface area contributed by atoms with E-state index in [9.17, 15) is 4.79 Å². The Bertz CT molecular complexity index is 1150. The molecule has 0 atom stereocenters. The molecule has 0 bridgehead atoms. The SMILES string of the molecule is O=C(NCc1c(/C=C/c2ccccc2)cccc1/C=C/c1ccccc1)c1ccccn1. The Balaban J connectivity index is 1.63. The van der Waals surface area contributed by atoms with Crippen molar-refractivity contribution in [2.24, 2.45) is 0 Å². The summed E-state index contributed by atoms with van der Waals surface area (Å²) in [7, 11) is 0. The summed E-state index contributed by atoms with van der Waals surface area (Å²) >= 11 is 0. The van der Waals surface area contributed by atoms with Gasteiger partial charge in [-0.05, 0) is 39.9 Å². The molecule has 0 aliphatic carbocycles. The molecule has 1 N–H and O–H groups in total. The molecule has 4 rings (SSSR count). The van der Waals surface area contributed by atoms with Crippen LogP contribution in [0.25, 0.3) is 24.3 Å². The second-order valence-electron chi connectivity index (χ2n) is 7.30. The summed E-state index contributed by atoms with van der Waals surface area (Å²) in [6.45, 7) is 0.402. The lowest BCUT2D eigenvalue weighted by Gasteiger charge is -2.12. The van der Waals surface area contributed by atoms with Gasteiger partial charge in [-0.2, -0.15) is 0 Å². The van der Waals surface area contributed by atoms with Crippen molar-refractivity contribution in [2.45, 2.75) is 6.54 Å². The van der Waals surface area contributed by atoms with Gasteiger partial charge < -0.3 is 5.32 Å². The van der Waals surface area contributed by atoms with Crippen LogP contribution in [0, 0.1) is 0 Å². The van der Waals surface area contributed by atoms with Crippen LogP contribution in [0.5, 0.6) is 0 Å². The van der Waals surface area contributed by atoms with E-state index >= 15 is 0 Å². The van der Waals surface area contributed by atoms with Gasteiger partial charge in [0.1, 0.15) is 5.69 Å². The molecule has 0 aliphatic heterocycles. The number of nitrogens with one attached hydrogen (secondary N) is 1. The van der Waals surface area contributed by atoms with Crippen LogP contribution < -0.4 is 5.32 Å². The smallest absolute Gasteiger partial charge is 0.270 e. The predicted octanol–water partition coefficient (Wildman–Crippen LogP) is 6.35. The normalized spacial score (nSPS) is 11.1. The zero-order chi connectivity index (χ0) is 22.0. The molecule has 32 heavy (non-hydrogen) atoms. The molecule has 0 saturated heterocycles. The molecule has 3 nitrogen and oxygen atoms in total. The third-order valence-electron chi connectivity index (χ3n) is 5.08. The van der Waals surface area contributed by atoms with Crippen LogP contribution in [-0.2, 0) is 6.54 Å². The first-order valence-electron chi connectivity index (χ1n) is 10.6. The van der Waals surface area contributed by atoms with Crippen molar-refractivity contribution in [3.8, 4) is 0 Å². The molecule has 0 fully saturated rings. The Labute approximate surface area is 188 Å². The average molecular weight is 417 g/mol. The Morgan fingerprint density at radius 1 is 0.656 bits per heavy atom. The van der Waals surface area contributed by atoms with Gasteiger partial charge in [-0.25, -0.2) is 0 Å². The fraction of sp³-hybridized carbons (Fsp3) is 0.0345. The fourth-order valence-electron chi connectivity index (χ4n) is 3.40. The van der Waals surface area contributed by atoms with Crippen LogP contribution in [0.1, 0.15) is 38.3 Å². The largest absolute Gasteiger partial charge is 0.347 e. The van der Waals surface area contributed by atoms with Gasteiger partial charge in [-0.1, -0.05) is 109 Å². The summed E-state index contributed by atoms with van der Waals surface area (Å²) in [5, 5.41) is 3.02. The highest BCUT2D eigenvalue weighted by atomic mass is 16.1. The van der Waals surface area contributed by atoms with Gasteiger partial charge >= 0.3 is 0 Å². The standard InChI is InChI=1S/C29H24N2O/c32-29(28-16-7-8-21-30-28)31-22-27-25(19-17-23-10-3-1-4-11-23)14-9-15-26(27)20-18-24-12-5-2-6-13-24/h1-21H,22H2,(H,31,32)/b19-17+,20-18+. The maximum absolute atomic E-state index is 12.6. The van der Waals surface area contributed by atoms with Crippen LogP contribution in [0.3, 0.4) is 0 Å². The number of nitrogens with zero attached hydrogens (tertiary/aromatic N) is 1. The minimum Gasteiger partial charge on any atom is -0.347 e. The zero-order valence-corrected chi connectivity index (χ0v) is 17.7. The van der Waals surface area contributed by atoms with Gasteiger partial charge in [-0.3, -0.25) is 9.78 Å². The Morgan fingerprint density at radius 3 is 1.75 bits per heavy atom. The summed E-state index contributed by atoms with van der Waals surface area (Å²) in [6, 6.07) is 31.9. The third kappa shape index (κ3) is 5.67. The van der Waals surface area contributed by atoms with E-state index in [0.717, 1.165) is 27.8 Å². The van der Waals surface area contributed by atoms with E-state index in [1.165, 1.54) is 0 Å². The van der Waals surface area contributed by atoms with E-state index in [2.05, 4.69) is 71.0 Å². The predicted molar refractivity (Wildman–Crippen MR) is 133 cm³/mol. The van der Waals surface area contributed by atoms with E-state index < -0.39 is 0 Å². The van der Waals surface area contributed by atoms with Gasteiger partial charge in [-0.15, -0.1) is 0 Å². The number of carbonyl (C=O) groups is 1.